The van der Waals surface area contributed by atoms with Gasteiger partial charge in [0.2, 0.25) is 0 Å². The lowest BCUT2D eigenvalue weighted by Crippen LogP contribution is -2.35. The first-order chi connectivity index (χ1) is 13.7. The molecule has 0 N–H and O–H groups in total. The average Bonchev–Trinajstić information content (AvgIpc) is 2.67. The van der Waals surface area contributed by atoms with Crippen LogP contribution in [0.15, 0.2) is 36.8 Å². The molecule has 0 bridgehead atoms. The topological polar surface area (TPSA) is 51.6 Å². The van der Waals surface area contributed by atoms with Gasteiger partial charge >= 0.3 is 0 Å². The fourth-order valence-electron chi connectivity index (χ4n) is 3.72. The number of hydrogen-bond acceptors (Lipinski definition) is 4. The third kappa shape index (κ3) is 3.63. The van der Waals surface area contributed by atoms with Crippen molar-refractivity contribution in [3.8, 4) is 11.3 Å². The molecule has 0 aliphatic carbocycles. The summed E-state index contributed by atoms with van der Waals surface area (Å²) < 4.78 is 28.6. The third-order valence-electron chi connectivity index (χ3n) is 5.70. The van der Waals surface area contributed by atoms with Gasteiger partial charge in [0.1, 0.15) is 18.0 Å². The maximum atomic E-state index is 14.3. The molecule has 0 unspecified atom stereocenters. The normalized spacial score (nSPS) is 13.7. The molecule has 0 radical (unpaired) electrons. The molecule has 3 rings (SSSR count). The van der Waals surface area contributed by atoms with E-state index in [4.69, 9.17) is 0 Å². The number of aryl methyl sites for hydroxylation is 1. The minimum Gasteiger partial charge on any atom is -0.245 e. The first-order valence-corrected chi connectivity index (χ1v) is 9.77. The van der Waals surface area contributed by atoms with E-state index in [0.717, 1.165) is 22.5 Å². The molecule has 0 aliphatic heterocycles. The Balaban J connectivity index is 2.28. The maximum Gasteiger partial charge on any atom is 0.135 e. The van der Waals surface area contributed by atoms with Crippen LogP contribution < -0.4 is 0 Å². The zero-order valence-corrected chi connectivity index (χ0v) is 17.7. The fraction of sp³-hybridized carbons (Fsp3) is 0.391. The minimum atomic E-state index is -0.653. The van der Waals surface area contributed by atoms with E-state index in [0.29, 0.717) is 0 Å². The van der Waals surface area contributed by atoms with Crippen LogP contribution in [0.25, 0.3) is 11.3 Å². The Bertz CT molecular complexity index is 1010. The Kier molecular flexibility index (Phi) is 5.73. The highest BCUT2D eigenvalue weighted by Gasteiger charge is 2.39. The lowest BCUT2D eigenvalue weighted by atomic mass is 9.70. The summed E-state index contributed by atoms with van der Waals surface area (Å²) in [5, 5.41) is 8.77. The van der Waals surface area contributed by atoms with Gasteiger partial charge in [-0.05, 0) is 55.0 Å². The van der Waals surface area contributed by atoms with Crippen LogP contribution >= 0.6 is 0 Å². The molecular weight excluding hydrogens is 370 g/mol. The molecule has 0 amide bonds. The lowest BCUT2D eigenvalue weighted by molar-refractivity contribution is 0.374. The zero-order valence-electron chi connectivity index (χ0n) is 17.7. The van der Waals surface area contributed by atoms with Crippen molar-refractivity contribution in [2.45, 2.75) is 52.9 Å². The molecular formula is C23H26F2N4. The van der Waals surface area contributed by atoms with Gasteiger partial charge in [-0.25, -0.2) is 18.7 Å². The number of rotatable bonds is 5. The van der Waals surface area contributed by atoms with Crippen molar-refractivity contribution in [3.05, 3.63) is 70.9 Å². The molecule has 4 nitrogen and oxygen atoms in total. The van der Waals surface area contributed by atoms with Gasteiger partial charge in [-0.1, -0.05) is 33.8 Å². The van der Waals surface area contributed by atoms with Gasteiger partial charge in [0.25, 0.3) is 0 Å². The van der Waals surface area contributed by atoms with E-state index in [9.17, 15) is 8.78 Å². The first kappa shape index (κ1) is 21.0. The summed E-state index contributed by atoms with van der Waals surface area (Å²) in [5.41, 5.74) is 3.01. The molecule has 1 atom stereocenters. The Morgan fingerprint density at radius 3 is 2.17 bits per heavy atom. The smallest absolute Gasteiger partial charge is 0.135 e. The van der Waals surface area contributed by atoms with Crippen LogP contribution in [-0.4, -0.2) is 20.2 Å². The second kappa shape index (κ2) is 7.93. The lowest BCUT2D eigenvalue weighted by Gasteiger charge is -2.35. The highest BCUT2D eigenvalue weighted by molar-refractivity contribution is 5.62. The Hall–Kier alpha value is -2.76. The van der Waals surface area contributed by atoms with Crippen molar-refractivity contribution in [2.75, 3.05) is 0 Å². The Labute approximate surface area is 170 Å². The van der Waals surface area contributed by atoms with E-state index in [1.54, 1.807) is 12.3 Å². The summed E-state index contributed by atoms with van der Waals surface area (Å²) in [6.45, 7) is 12.4. The summed E-state index contributed by atoms with van der Waals surface area (Å²) in [5.74, 6) is -1.08. The van der Waals surface area contributed by atoms with Crippen LogP contribution in [0.4, 0.5) is 8.78 Å². The molecule has 0 spiro atoms. The van der Waals surface area contributed by atoms with E-state index in [-0.39, 0.29) is 23.1 Å². The Morgan fingerprint density at radius 1 is 0.966 bits per heavy atom. The maximum absolute atomic E-state index is 14.3. The number of benzene rings is 1. The summed E-state index contributed by atoms with van der Waals surface area (Å²) in [4.78, 5) is 8.67. The molecule has 0 fully saturated rings. The highest BCUT2D eigenvalue weighted by atomic mass is 19.1. The second-order valence-electron chi connectivity index (χ2n) is 8.20. The minimum absolute atomic E-state index is 0.0781. The van der Waals surface area contributed by atoms with Crippen LogP contribution in [0.2, 0.25) is 0 Å². The average molecular weight is 396 g/mol. The van der Waals surface area contributed by atoms with Gasteiger partial charge in [-0.3, -0.25) is 0 Å². The summed E-state index contributed by atoms with van der Waals surface area (Å²) in [6.07, 6.45) is 3.32. The molecule has 152 valence electrons. The fourth-order valence-corrected chi connectivity index (χ4v) is 3.72. The monoisotopic (exact) mass is 396 g/mol. The van der Waals surface area contributed by atoms with Crippen LogP contribution in [0.1, 0.15) is 63.1 Å². The number of hydrogen-bond donors (Lipinski definition) is 0. The van der Waals surface area contributed by atoms with Crippen molar-refractivity contribution in [1.29, 1.82) is 0 Å². The van der Waals surface area contributed by atoms with Crippen LogP contribution in [-0.2, 0) is 5.41 Å². The molecule has 2 aromatic heterocycles. The molecule has 29 heavy (non-hydrogen) atoms. The van der Waals surface area contributed by atoms with Gasteiger partial charge < -0.3 is 0 Å². The third-order valence-corrected chi connectivity index (χ3v) is 5.70. The number of nitrogens with zero attached hydrogens (tertiary/aromatic N) is 4. The van der Waals surface area contributed by atoms with Crippen LogP contribution in [0.3, 0.4) is 0 Å². The molecule has 3 aromatic rings. The van der Waals surface area contributed by atoms with Gasteiger partial charge in [0.05, 0.1) is 28.1 Å². The number of aromatic nitrogens is 4. The molecule has 0 saturated heterocycles. The van der Waals surface area contributed by atoms with E-state index in [2.05, 4.69) is 40.9 Å². The van der Waals surface area contributed by atoms with E-state index in [1.807, 2.05) is 20.8 Å². The van der Waals surface area contributed by atoms with Crippen LogP contribution in [0.5, 0.6) is 0 Å². The van der Waals surface area contributed by atoms with E-state index < -0.39 is 17.0 Å². The Morgan fingerprint density at radius 2 is 1.62 bits per heavy atom. The van der Waals surface area contributed by atoms with Crippen molar-refractivity contribution in [1.82, 2.24) is 20.2 Å². The quantitative estimate of drug-likeness (QED) is 0.563. The summed E-state index contributed by atoms with van der Waals surface area (Å²) in [7, 11) is 0. The van der Waals surface area contributed by atoms with Gasteiger partial charge in [0.15, 0.2) is 0 Å². The largest absolute Gasteiger partial charge is 0.245 e. The zero-order chi connectivity index (χ0) is 21.3. The van der Waals surface area contributed by atoms with Gasteiger partial charge in [0, 0.05) is 6.20 Å². The van der Waals surface area contributed by atoms with Gasteiger partial charge in [-0.15, -0.1) is 5.10 Å². The van der Waals surface area contributed by atoms with Gasteiger partial charge in [-0.2, -0.15) is 5.10 Å². The summed E-state index contributed by atoms with van der Waals surface area (Å²) in [6, 6.07) is 5.55. The molecule has 6 heteroatoms. The SMILES string of the molecule is Cc1cncnc1[C@@](C)(c1nnc(-c2c(F)cccc2F)cc1C(C)C)C(C)C. The summed E-state index contributed by atoms with van der Waals surface area (Å²) >= 11 is 0. The standard InChI is InChI=1S/C23H26F2N4/c1-13(2)16-10-19(20-17(24)8-7-9-18(20)25)28-29-22(16)23(6,14(3)4)21-15(5)11-26-12-27-21/h7-14H,1-6H3/t23-/m0/s1. The predicted octanol–water partition coefficient (Wildman–Crippen LogP) is 5.61. The van der Waals surface area contributed by atoms with E-state index in [1.165, 1.54) is 24.5 Å². The van der Waals surface area contributed by atoms with Crippen molar-refractivity contribution < 1.29 is 8.78 Å². The first-order valence-electron chi connectivity index (χ1n) is 9.77. The second-order valence-corrected chi connectivity index (χ2v) is 8.20. The number of halogens is 2. The highest BCUT2D eigenvalue weighted by Crippen LogP contribution is 2.42. The molecule has 0 aliphatic rings. The molecule has 1 aromatic carbocycles. The van der Waals surface area contributed by atoms with Crippen molar-refractivity contribution in [2.24, 2.45) is 5.92 Å². The van der Waals surface area contributed by atoms with E-state index >= 15 is 0 Å². The molecule has 2 heterocycles. The van der Waals surface area contributed by atoms with Crippen LogP contribution in [0, 0.1) is 24.5 Å². The molecule has 0 saturated carbocycles. The van der Waals surface area contributed by atoms with Crippen molar-refractivity contribution >= 4 is 0 Å². The predicted molar refractivity (Wildman–Crippen MR) is 110 cm³/mol. The van der Waals surface area contributed by atoms with Crippen molar-refractivity contribution in [3.63, 3.8) is 0 Å².